The van der Waals surface area contributed by atoms with Gasteiger partial charge in [-0.05, 0) is 51.9 Å². The van der Waals surface area contributed by atoms with Gasteiger partial charge in [-0.25, -0.2) is 0 Å². The van der Waals surface area contributed by atoms with E-state index in [1.54, 1.807) is 31.4 Å². The van der Waals surface area contributed by atoms with Gasteiger partial charge in [-0.15, -0.1) is 0 Å². The molecule has 0 aliphatic carbocycles. The number of benzene rings is 2. The van der Waals surface area contributed by atoms with Crippen LogP contribution in [-0.2, 0) is 0 Å². The summed E-state index contributed by atoms with van der Waals surface area (Å²) in [7, 11) is 3.09. The van der Waals surface area contributed by atoms with Crippen LogP contribution >= 0.6 is 22.6 Å². The highest BCUT2D eigenvalue weighted by molar-refractivity contribution is 14.1. The van der Waals surface area contributed by atoms with Crippen molar-refractivity contribution in [2.24, 2.45) is 0 Å². The van der Waals surface area contributed by atoms with Crippen molar-refractivity contribution in [3.63, 3.8) is 0 Å². The number of non-ortho nitro benzene ring substituents is 1. The van der Waals surface area contributed by atoms with E-state index in [0.717, 1.165) is 9.13 Å². The molecule has 0 aromatic heterocycles. The Morgan fingerprint density at radius 3 is 2.62 bits per heavy atom. The molecule has 0 heterocycles. The van der Waals surface area contributed by atoms with Crippen molar-refractivity contribution in [2.75, 3.05) is 14.2 Å². The molecular formula is C17H13IN2O4. The number of methoxy groups -OCH3 is 2. The molecule has 24 heavy (non-hydrogen) atoms. The fourth-order valence-electron chi connectivity index (χ4n) is 2.16. The summed E-state index contributed by atoms with van der Waals surface area (Å²) in [6, 6.07) is 11.6. The van der Waals surface area contributed by atoms with Gasteiger partial charge in [0.05, 0.1) is 34.4 Å². The van der Waals surface area contributed by atoms with Gasteiger partial charge in [0.25, 0.3) is 5.69 Å². The van der Waals surface area contributed by atoms with E-state index in [1.165, 1.54) is 19.2 Å². The van der Waals surface area contributed by atoms with Gasteiger partial charge in [-0.1, -0.05) is 12.1 Å². The molecule has 0 bridgehead atoms. The molecule has 0 spiro atoms. The normalized spacial score (nSPS) is 10.8. The van der Waals surface area contributed by atoms with Gasteiger partial charge in [0, 0.05) is 12.1 Å². The molecule has 0 aliphatic heterocycles. The quantitative estimate of drug-likeness (QED) is 0.230. The van der Waals surface area contributed by atoms with Gasteiger partial charge in [0.1, 0.15) is 0 Å². The Hall–Kier alpha value is -2.60. The molecule has 0 N–H and O–H groups in total. The first-order chi connectivity index (χ1) is 11.5. The number of rotatable bonds is 5. The fraction of sp³-hybridized carbons (Fsp3) is 0.118. The van der Waals surface area contributed by atoms with Crippen LogP contribution in [0.1, 0.15) is 11.1 Å². The van der Waals surface area contributed by atoms with Crippen molar-refractivity contribution in [2.45, 2.75) is 0 Å². The van der Waals surface area contributed by atoms with Crippen LogP contribution in [0, 0.1) is 25.0 Å². The average molecular weight is 436 g/mol. The molecule has 0 saturated heterocycles. The van der Waals surface area contributed by atoms with Crippen LogP contribution in [0.5, 0.6) is 11.5 Å². The minimum atomic E-state index is -0.488. The van der Waals surface area contributed by atoms with Crippen molar-refractivity contribution in [1.29, 1.82) is 5.26 Å². The molecule has 0 fully saturated rings. The molecule has 0 atom stereocenters. The lowest BCUT2D eigenvalue weighted by Crippen LogP contribution is -1.94. The Morgan fingerprint density at radius 2 is 2.04 bits per heavy atom. The van der Waals surface area contributed by atoms with E-state index in [-0.39, 0.29) is 5.69 Å². The third-order valence-corrected chi connectivity index (χ3v) is 4.06. The van der Waals surface area contributed by atoms with E-state index in [1.807, 2.05) is 6.07 Å². The molecule has 2 aromatic carbocycles. The van der Waals surface area contributed by atoms with Crippen LogP contribution in [0.4, 0.5) is 5.69 Å². The van der Waals surface area contributed by atoms with E-state index in [0.29, 0.717) is 22.6 Å². The lowest BCUT2D eigenvalue weighted by atomic mass is 10.0. The van der Waals surface area contributed by atoms with Gasteiger partial charge in [0.2, 0.25) is 0 Å². The Morgan fingerprint density at radius 1 is 1.29 bits per heavy atom. The maximum atomic E-state index is 10.9. The van der Waals surface area contributed by atoms with E-state index in [4.69, 9.17) is 9.47 Å². The van der Waals surface area contributed by atoms with Gasteiger partial charge < -0.3 is 9.47 Å². The summed E-state index contributed by atoms with van der Waals surface area (Å²) in [6.07, 6.45) is 1.66. The molecule has 0 radical (unpaired) electrons. The zero-order valence-corrected chi connectivity index (χ0v) is 15.1. The highest BCUT2D eigenvalue weighted by Crippen LogP contribution is 2.34. The SMILES string of the molecule is COc1cc(/C=C(/C#N)c2cccc([N+](=O)[O-])c2)cc(I)c1OC. The van der Waals surface area contributed by atoms with Crippen molar-refractivity contribution in [1.82, 2.24) is 0 Å². The molecule has 2 aromatic rings. The molecule has 2 rings (SSSR count). The maximum Gasteiger partial charge on any atom is 0.270 e. The summed E-state index contributed by atoms with van der Waals surface area (Å²) in [5.74, 6) is 1.16. The summed E-state index contributed by atoms with van der Waals surface area (Å²) < 4.78 is 11.4. The number of ether oxygens (including phenoxy) is 2. The highest BCUT2D eigenvalue weighted by atomic mass is 127. The Balaban J connectivity index is 2.52. The third kappa shape index (κ3) is 3.83. The van der Waals surface area contributed by atoms with Crippen LogP contribution in [-0.4, -0.2) is 19.1 Å². The lowest BCUT2D eigenvalue weighted by molar-refractivity contribution is -0.384. The predicted octanol–water partition coefficient (Wildman–Crippen LogP) is 4.28. The van der Waals surface area contributed by atoms with E-state index < -0.39 is 4.92 Å². The minimum Gasteiger partial charge on any atom is -0.493 e. The molecule has 0 unspecified atom stereocenters. The lowest BCUT2D eigenvalue weighted by Gasteiger charge is -2.10. The van der Waals surface area contributed by atoms with Gasteiger partial charge in [-0.2, -0.15) is 5.26 Å². The number of nitro benzene ring substituents is 1. The second-order valence-corrected chi connectivity index (χ2v) is 5.88. The number of hydrogen-bond donors (Lipinski definition) is 0. The number of nitriles is 1. The standard InChI is InChI=1S/C17H13IN2O4/c1-23-16-8-11(7-15(18)17(16)24-2)6-13(10-19)12-4-3-5-14(9-12)20(21)22/h3-9H,1-2H3/b13-6-. The molecule has 0 saturated carbocycles. The second-order valence-electron chi connectivity index (χ2n) is 4.72. The Labute approximate surface area is 152 Å². The summed E-state index contributed by atoms with van der Waals surface area (Å²) in [5.41, 5.74) is 1.48. The molecule has 0 amide bonds. The predicted molar refractivity (Wildman–Crippen MR) is 98.8 cm³/mol. The van der Waals surface area contributed by atoms with Crippen molar-refractivity contribution >= 4 is 39.9 Å². The first kappa shape index (κ1) is 17.7. The van der Waals surface area contributed by atoms with Gasteiger partial charge in [-0.3, -0.25) is 10.1 Å². The van der Waals surface area contributed by atoms with Crippen LogP contribution in [0.2, 0.25) is 0 Å². The van der Waals surface area contributed by atoms with Crippen LogP contribution in [0.25, 0.3) is 11.6 Å². The number of hydrogen-bond acceptors (Lipinski definition) is 5. The average Bonchev–Trinajstić information content (AvgIpc) is 2.59. The van der Waals surface area contributed by atoms with Gasteiger partial charge in [0.15, 0.2) is 11.5 Å². The largest absolute Gasteiger partial charge is 0.493 e. The smallest absolute Gasteiger partial charge is 0.270 e. The molecule has 122 valence electrons. The fourth-order valence-corrected chi connectivity index (χ4v) is 3.00. The second kappa shape index (κ2) is 7.79. The number of allylic oxidation sites excluding steroid dienone is 1. The maximum absolute atomic E-state index is 10.9. The van der Waals surface area contributed by atoms with Crippen LogP contribution in [0.3, 0.4) is 0 Å². The molecule has 7 heteroatoms. The highest BCUT2D eigenvalue weighted by Gasteiger charge is 2.12. The van der Waals surface area contributed by atoms with E-state index in [9.17, 15) is 15.4 Å². The van der Waals surface area contributed by atoms with Crippen molar-refractivity contribution < 1.29 is 14.4 Å². The number of nitrogens with zero attached hydrogens (tertiary/aromatic N) is 2. The molecular weight excluding hydrogens is 423 g/mol. The topological polar surface area (TPSA) is 85.4 Å². The van der Waals surface area contributed by atoms with Crippen LogP contribution < -0.4 is 9.47 Å². The zero-order valence-electron chi connectivity index (χ0n) is 12.9. The van der Waals surface area contributed by atoms with E-state index >= 15 is 0 Å². The summed E-state index contributed by atoms with van der Waals surface area (Å²) in [4.78, 5) is 10.4. The first-order valence-corrected chi connectivity index (χ1v) is 7.86. The first-order valence-electron chi connectivity index (χ1n) is 6.78. The van der Waals surface area contributed by atoms with Crippen molar-refractivity contribution in [3.8, 4) is 17.6 Å². The molecule has 6 nitrogen and oxygen atoms in total. The number of halogens is 1. The zero-order chi connectivity index (χ0) is 17.7. The molecule has 0 aliphatic rings. The van der Waals surface area contributed by atoms with Crippen LogP contribution in [0.15, 0.2) is 36.4 Å². The van der Waals surface area contributed by atoms with E-state index in [2.05, 4.69) is 28.7 Å². The monoisotopic (exact) mass is 436 g/mol. The summed E-state index contributed by atoms with van der Waals surface area (Å²) in [6.45, 7) is 0. The third-order valence-electron chi connectivity index (χ3n) is 3.26. The summed E-state index contributed by atoms with van der Waals surface area (Å²) in [5, 5.41) is 20.3. The Kier molecular flexibility index (Phi) is 5.76. The number of nitro groups is 1. The minimum absolute atomic E-state index is 0.0597. The summed E-state index contributed by atoms with van der Waals surface area (Å²) >= 11 is 2.12. The van der Waals surface area contributed by atoms with Gasteiger partial charge >= 0.3 is 0 Å². The Bertz CT molecular complexity index is 856. The van der Waals surface area contributed by atoms with Crippen molar-refractivity contribution in [3.05, 3.63) is 61.2 Å².